The van der Waals surface area contributed by atoms with E-state index >= 15 is 0 Å². The van der Waals surface area contributed by atoms with Gasteiger partial charge in [-0.15, -0.1) is 0 Å². The second-order valence-corrected chi connectivity index (χ2v) is 4.33. The van der Waals surface area contributed by atoms with Crippen LogP contribution in [-0.2, 0) is 6.54 Å². The summed E-state index contributed by atoms with van der Waals surface area (Å²) in [5.74, 6) is 0. The molecule has 1 aliphatic carbocycles. The fourth-order valence-corrected chi connectivity index (χ4v) is 2.25. The van der Waals surface area contributed by atoms with Gasteiger partial charge in [0, 0.05) is 6.54 Å². The van der Waals surface area contributed by atoms with E-state index in [1.165, 1.54) is 16.7 Å². The molecule has 0 unspecified atom stereocenters. The summed E-state index contributed by atoms with van der Waals surface area (Å²) in [5.41, 5.74) is 4.03. The number of hydrogen-bond donors (Lipinski definition) is 1. The first-order valence-corrected chi connectivity index (χ1v) is 5.98. The Balaban J connectivity index is 1.70. The van der Waals surface area contributed by atoms with E-state index in [1.54, 1.807) is 0 Å². The number of nitrogens with one attached hydrogen (secondary N) is 1. The van der Waals surface area contributed by atoms with E-state index < -0.39 is 0 Å². The third-order valence-corrected chi connectivity index (χ3v) is 3.17. The Morgan fingerprint density at radius 1 is 0.882 bits per heavy atom. The molecule has 0 aromatic heterocycles. The van der Waals surface area contributed by atoms with E-state index in [-0.39, 0.29) is 0 Å². The van der Waals surface area contributed by atoms with Crippen LogP contribution in [0.2, 0.25) is 0 Å². The van der Waals surface area contributed by atoms with E-state index in [2.05, 4.69) is 66.0 Å². The smallest absolute Gasteiger partial charge is 0.0518 e. The summed E-state index contributed by atoms with van der Waals surface area (Å²) < 4.78 is 0. The van der Waals surface area contributed by atoms with Crippen LogP contribution in [0.4, 0.5) is 0 Å². The first-order chi connectivity index (χ1) is 8.43. The Labute approximate surface area is 102 Å². The highest BCUT2D eigenvalue weighted by Gasteiger charge is 2.15. The summed E-state index contributed by atoms with van der Waals surface area (Å²) in [6, 6.07) is 19.4. The van der Waals surface area contributed by atoms with Gasteiger partial charge in [0.1, 0.15) is 0 Å². The van der Waals surface area contributed by atoms with Crippen LogP contribution in [0.15, 0.2) is 60.7 Å². The van der Waals surface area contributed by atoms with Crippen LogP contribution in [0.25, 0.3) is 6.08 Å². The van der Waals surface area contributed by atoms with Crippen molar-refractivity contribution in [3.63, 3.8) is 0 Å². The van der Waals surface area contributed by atoms with Gasteiger partial charge >= 0.3 is 0 Å². The van der Waals surface area contributed by atoms with Gasteiger partial charge in [-0.05, 0) is 16.7 Å². The highest BCUT2D eigenvalue weighted by Crippen LogP contribution is 2.27. The molecule has 0 bridgehead atoms. The molecule has 0 fully saturated rings. The first kappa shape index (κ1) is 10.3. The van der Waals surface area contributed by atoms with Gasteiger partial charge in [-0.3, -0.25) is 0 Å². The minimum atomic E-state index is 0.353. The largest absolute Gasteiger partial charge is 0.303 e. The highest BCUT2D eigenvalue weighted by atomic mass is 14.9. The molecule has 1 N–H and O–H groups in total. The summed E-state index contributed by atoms with van der Waals surface area (Å²) in [7, 11) is 0. The quantitative estimate of drug-likeness (QED) is 0.835. The van der Waals surface area contributed by atoms with Gasteiger partial charge in [-0.2, -0.15) is 0 Å². The Hall–Kier alpha value is -1.86. The zero-order valence-electron chi connectivity index (χ0n) is 9.64. The molecule has 0 radical (unpaired) electrons. The zero-order valence-corrected chi connectivity index (χ0v) is 9.64. The van der Waals surface area contributed by atoms with Gasteiger partial charge in [0.05, 0.1) is 6.04 Å². The van der Waals surface area contributed by atoms with Crippen LogP contribution in [-0.4, -0.2) is 0 Å². The minimum absolute atomic E-state index is 0.353. The molecule has 0 amide bonds. The molecule has 1 aliphatic rings. The molecule has 0 spiro atoms. The zero-order chi connectivity index (χ0) is 11.5. The van der Waals surface area contributed by atoms with Gasteiger partial charge in [0.25, 0.3) is 0 Å². The minimum Gasteiger partial charge on any atom is -0.303 e. The van der Waals surface area contributed by atoms with Crippen molar-refractivity contribution < 1.29 is 0 Å². The second kappa shape index (κ2) is 4.56. The standard InChI is InChI=1S/C16H15N/c1-2-6-13(7-3-1)12-17-16-11-10-14-8-4-5-9-15(14)16/h1-11,16-17H,12H2/t16-/m1/s1. The van der Waals surface area contributed by atoms with Crippen molar-refractivity contribution in [1.29, 1.82) is 0 Å². The van der Waals surface area contributed by atoms with Crippen molar-refractivity contribution >= 4 is 6.08 Å². The lowest BCUT2D eigenvalue weighted by Gasteiger charge is -2.13. The molecule has 1 heteroatoms. The van der Waals surface area contributed by atoms with Gasteiger partial charge in [0.2, 0.25) is 0 Å². The maximum atomic E-state index is 3.57. The second-order valence-electron chi connectivity index (χ2n) is 4.33. The van der Waals surface area contributed by atoms with Crippen molar-refractivity contribution in [3.05, 3.63) is 77.4 Å². The van der Waals surface area contributed by atoms with Crippen LogP contribution in [0.5, 0.6) is 0 Å². The van der Waals surface area contributed by atoms with E-state index in [1.807, 2.05) is 6.07 Å². The molecule has 0 saturated carbocycles. The van der Waals surface area contributed by atoms with Crippen molar-refractivity contribution in [2.75, 3.05) is 0 Å². The predicted molar refractivity (Wildman–Crippen MR) is 71.5 cm³/mol. The molecular formula is C16H15N. The fraction of sp³-hybridized carbons (Fsp3) is 0.125. The molecule has 2 aromatic carbocycles. The Kier molecular flexibility index (Phi) is 2.76. The average Bonchev–Trinajstić information content (AvgIpc) is 2.81. The van der Waals surface area contributed by atoms with Crippen LogP contribution >= 0.6 is 0 Å². The van der Waals surface area contributed by atoms with Crippen molar-refractivity contribution in [2.45, 2.75) is 12.6 Å². The maximum absolute atomic E-state index is 3.57. The predicted octanol–water partition coefficient (Wildman–Crippen LogP) is 3.54. The third-order valence-electron chi connectivity index (χ3n) is 3.17. The first-order valence-electron chi connectivity index (χ1n) is 5.98. The Morgan fingerprint density at radius 3 is 2.53 bits per heavy atom. The molecule has 1 atom stereocenters. The SMILES string of the molecule is C1=C[C@@H](NCc2ccccc2)c2ccccc21. The van der Waals surface area contributed by atoms with Crippen molar-refractivity contribution in [2.24, 2.45) is 0 Å². The molecule has 0 heterocycles. The summed E-state index contributed by atoms with van der Waals surface area (Å²) in [6.07, 6.45) is 4.42. The van der Waals surface area contributed by atoms with Gasteiger partial charge in [0.15, 0.2) is 0 Å². The third kappa shape index (κ3) is 2.15. The highest BCUT2D eigenvalue weighted by molar-refractivity contribution is 5.61. The monoisotopic (exact) mass is 221 g/mol. The number of fused-ring (bicyclic) bond motifs is 1. The lowest BCUT2D eigenvalue weighted by Crippen LogP contribution is -2.17. The number of benzene rings is 2. The maximum Gasteiger partial charge on any atom is 0.0518 e. The Morgan fingerprint density at radius 2 is 1.65 bits per heavy atom. The van der Waals surface area contributed by atoms with Crippen LogP contribution < -0.4 is 5.32 Å². The molecule has 1 nitrogen and oxygen atoms in total. The summed E-state index contributed by atoms with van der Waals surface area (Å²) in [5, 5.41) is 3.57. The van der Waals surface area contributed by atoms with Gasteiger partial charge < -0.3 is 5.32 Å². The van der Waals surface area contributed by atoms with Gasteiger partial charge in [-0.25, -0.2) is 0 Å². The number of hydrogen-bond acceptors (Lipinski definition) is 1. The van der Waals surface area contributed by atoms with Crippen LogP contribution in [0.3, 0.4) is 0 Å². The lowest BCUT2D eigenvalue weighted by atomic mass is 10.1. The molecule has 17 heavy (non-hydrogen) atoms. The van der Waals surface area contributed by atoms with Gasteiger partial charge in [-0.1, -0.05) is 66.7 Å². The van der Waals surface area contributed by atoms with Crippen molar-refractivity contribution in [1.82, 2.24) is 5.32 Å². The molecule has 2 aromatic rings. The normalized spacial score (nSPS) is 17.1. The molecule has 0 aliphatic heterocycles. The Bertz CT molecular complexity index is 528. The average molecular weight is 221 g/mol. The summed E-state index contributed by atoms with van der Waals surface area (Å²) in [6.45, 7) is 0.907. The van der Waals surface area contributed by atoms with Crippen LogP contribution in [0, 0.1) is 0 Å². The van der Waals surface area contributed by atoms with E-state index in [0.29, 0.717) is 6.04 Å². The molecule has 3 rings (SSSR count). The van der Waals surface area contributed by atoms with E-state index in [0.717, 1.165) is 6.54 Å². The summed E-state index contributed by atoms with van der Waals surface area (Å²) >= 11 is 0. The van der Waals surface area contributed by atoms with E-state index in [9.17, 15) is 0 Å². The van der Waals surface area contributed by atoms with E-state index in [4.69, 9.17) is 0 Å². The topological polar surface area (TPSA) is 12.0 Å². The fourth-order valence-electron chi connectivity index (χ4n) is 2.25. The van der Waals surface area contributed by atoms with Crippen molar-refractivity contribution in [3.8, 4) is 0 Å². The van der Waals surface area contributed by atoms with Crippen LogP contribution in [0.1, 0.15) is 22.7 Å². The molecule has 84 valence electrons. The molecule has 0 saturated heterocycles. The number of rotatable bonds is 3. The summed E-state index contributed by atoms with van der Waals surface area (Å²) in [4.78, 5) is 0. The lowest BCUT2D eigenvalue weighted by molar-refractivity contribution is 0.628. The molecular weight excluding hydrogens is 206 g/mol.